The molecule has 1 aromatic carbocycles. The van der Waals surface area contributed by atoms with Gasteiger partial charge in [0.15, 0.2) is 23.3 Å². The SMILES string of the molecule is COC(=O)C=CC1C(C(=O)OCc2c(F)c(F)c(C(F)(F)F)c(F)c2F)C1(C)C. The lowest BCUT2D eigenvalue weighted by molar-refractivity contribution is -0.148. The molecule has 0 spiro atoms. The van der Waals surface area contributed by atoms with E-state index >= 15 is 0 Å². The summed E-state index contributed by atoms with van der Waals surface area (Å²) < 4.78 is 102. The quantitative estimate of drug-likeness (QED) is 0.304. The molecule has 0 aromatic heterocycles. The minimum absolute atomic E-state index is 0.495. The van der Waals surface area contributed by atoms with Gasteiger partial charge in [-0.05, 0) is 11.3 Å². The fourth-order valence-electron chi connectivity index (χ4n) is 3.02. The molecule has 1 aromatic rings. The summed E-state index contributed by atoms with van der Waals surface area (Å²) in [5.74, 6) is -12.9. The van der Waals surface area contributed by atoms with Gasteiger partial charge in [0, 0.05) is 6.08 Å². The van der Waals surface area contributed by atoms with Crippen molar-refractivity contribution in [3.05, 3.63) is 46.5 Å². The second-order valence-electron chi connectivity index (χ2n) is 6.92. The van der Waals surface area contributed by atoms with Crippen LogP contribution in [0.4, 0.5) is 30.7 Å². The van der Waals surface area contributed by atoms with Crippen LogP contribution in [-0.2, 0) is 31.8 Å². The minimum Gasteiger partial charge on any atom is -0.466 e. The summed E-state index contributed by atoms with van der Waals surface area (Å²) in [7, 11) is 1.14. The summed E-state index contributed by atoms with van der Waals surface area (Å²) in [5.41, 5.74) is -4.89. The molecule has 0 heterocycles. The van der Waals surface area contributed by atoms with Crippen LogP contribution in [0.15, 0.2) is 12.2 Å². The highest BCUT2D eigenvalue weighted by Gasteiger charge is 2.61. The van der Waals surface area contributed by atoms with Crippen molar-refractivity contribution in [1.82, 2.24) is 0 Å². The number of ether oxygens (including phenoxy) is 2. The van der Waals surface area contributed by atoms with E-state index in [1.54, 1.807) is 13.8 Å². The van der Waals surface area contributed by atoms with Gasteiger partial charge in [0.25, 0.3) is 0 Å². The maximum absolute atomic E-state index is 13.8. The van der Waals surface area contributed by atoms with Crippen LogP contribution in [0.1, 0.15) is 25.0 Å². The normalized spacial score (nSPS) is 20.6. The Labute approximate surface area is 160 Å². The van der Waals surface area contributed by atoms with Crippen LogP contribution in [0, 0.1) is 40.5 Å². The molecule has 0 aliphatic heterocycles. The van der Waals surface area contributed by atoms with Gasteiger partial charge in [-0.2, -0.15) is 13.2 Å². The minimum atomic E-state index is -5.66. The van der Waals surface area contributed by atoms with Gasteiger partial charge in [-0.15, -0.1) is 0 Å². The maximum Gasteiger partial charge on any atom is 0.422 e. The van der Waals surface area contributed by atoms with Crippen molar-refractivity contribution < 1.29 is 49.8 Å². The molecule has 160 valence electrons. The number of carbonyl (C=O) groups excluding carboxylic acids is 2. The Morgan fingerprint density at radius 2 is 1.55 bits per heavy atom. The van der Waals surface area contributed by atoms with Crippen molar-refractivity contribution in [2.45, 2.75) is 26.6 Å². The second kappa shape index (κ2) is 7.68. The number of benzene rings is 1. The number of carbonyl (C=O) groups is 2. The van der Waals surface area contributed by atoms with Crippen LogP contribution in [0.5, 0.6) is 0 Å². The van der Waals surface area contributed by atoms with Gasteiger partial charge in [-0.25, -0.2) is 22.4 Å². The Morgan fingerprint density at radius 1 is 1.03 bits per heavy atom. The third-order valence-electron chi connectivity index (χ3n) is 4.80. The summed E-state index contributed by atoms with van der Waals surface area (Å²) in [4.78, 5) is 23.3. The predicted octanol–water partition coefficient (Wildman–Crippen LogP) is 4.31. The number of alkyl halides is 3. The first-order valence-corrected chi connectivity index (χ1v) is 8.09. The molecule has 29 heavy (non-hydrogen) atoms. The van der Waals surface area contributed by atoms with Crippen LogP contribution in [0.2, 0.25) is 0 Å². The molecular formula is C18H15F7O4. The largest absolute Gasteiger partial charge is 0.466 e. The fourth-order valence-corrected chi connectivity index (χ4v) is 3.02. The molecule has 0 saturated heterocycles. The summed E-state index contributed by atoms with van der Waals surface area (Å²) >= 11 is 0. The lowest BCUT2D eigenvalue weighted by Crippen LogP contribution is -2.19. The van der Waals surface area contributed by atoms with Gasteiger partial charge < -0.3 is 9.47 Å². The molecule has 0 radical (unpaired) electrons. The van der Waals surface area contributed by atoms with Crippen molar-refractivity contribution in [2.75, 3.05) is 7.11 Å². The van der Waals surface area contributed by atoms with Gasteiger partial charge in [0.2, 0.25) is 0 Å². The summed E-state index contributed by atoms with van der Waals surface area (Å²) in [6.07, 6.45) is -3.22. The standard InChI is InChI=1S/C18H15F7O4/c1-17(2)8(4-5-9(26)28-3)10(17)16(27)29-6-7-12(19)14(21)11(18(23,24)25)15(22)13(7)20/h4-5,8,10H,6H2,1-3H3. The Hall–Kier alpha value is -2.59. The molecule has 2 rings (SSSR count). The molecule has 11 heteroatoms. The monoisotopic (exact) mass is 428 g/mol. The lowest BCUT2D eigenvalue weighted by atomic mass is 10.1. The van der Waals surface area contributed by atoms with Crippen LogP contribution in [0.25, 0.3) is 0 Å². The number of esters is 2. The molecular weight excluding hydrogens is 413 g/mol. The molecule has 1 aliphatic carbocycles. The van der Waals surface area contributed by atoms with Crippen molar-refractivity contribution >= 4 is 11.9 Å². The molecule has 2 unspecified atom stereocenters. The molecule has 4 nitrogen and oxygen atoms in total. The molecule has 1 fully saturated rings. The highest BCUT2D eigenvalue weighted by atomic mass is 19.4. The zero-order valence-corrected chi connectivity index (χ0v) is 15.3. The van der Waals surface area contributed by atoms with Crippen LogP contribution < -0.4 is 0 Å². The molecule has 0 amide bonds. The van der Waals surface area contributed by atoms with Crippen molar-refractivity contribution in [3.8, 4) is 0 Å². The first-order valence-electron chi connectivity index (χ1n) is 8.09. The number of halogens is 7. The van der Waals surface area contributed by atoms with E-state index in [4.69, 9.17) is 0 Å². The lowest BCUT2D eigenvalue weighted by Gasteiger charge is -2.14. The average molecular weight is 428 g/mol. The molecule has 0 bridgehead atoms. The number of hydrogen-bond acceptors (Lipinski definition) is 4. The topological polar surface area (TPSA) is 52.6 Å². The van der Waals surface area contributed by atoms with E-state index in [2.05, 4.69) is 9.47 Å². The van der Waals surface area contributed by atoms with E-state index in [1.807, 2.05) is 0 Å². The number of hydrogen-bond donors (Lipinski definition) is 0. The molecule has 2 atom stereocenters. The van der Waals surface area contributed by atoms with E-state index in [0.29, 0.717) is 0 Å². The molecule has 1 aliphatic rings. The Balaban J connectivity index is 2.20. The maximum atomic E-state index is 13.8. The van der Waals surface area contributed by atoms with E-state index in [-0.39, 0.29) is 0 Å². The van der Waals surface area contributed by atoms with Crippen LogP contribution in [0.3, 0.4) is 0 Å². The van der Waals surface area contributed by atoms with Gasteiger partial charge in [0.1, 0.15) is 12.2 Å². The summed E-state index contributed by atoms with van der Waals surface area (Å²) in [6.45, 7) is 1.94. The van der Waals surface area contributed by atoms with Crippen molar-refractivity contribution in [3.63, 3.8) is 0 Å². The first-order chi connectivity index (χ1) is 13.2. The van der Waals surface area contributed by atoms with Crippen LogP contribution in [-0.4, -0.2) is 19.0 Å². The predicted molar refractivity (Wildman–Crippen MR) is 83.0 cm³/mol. The highest BCUT2D eigenvalue weighted by Crippen LogP contribution is 2.59. The Kier molecular flexibility index (Phi) is 6.01. The summed E-state index contributed by atoms with van der Waals surface area (Å²) in [6, 6.07) is 0. The molecule has 1 saturated carbocycles. The average Bonchev–Trinajstić information content (AvgIpc) is 3.17. The number of rotatable bonds is 5. The van der Waals surface area contributed by atoms with E-state index < -0.39 is 76.4 Å². The smallest absolute Gasteiger partial charge is 0.422 e. The third kappa shape index (κ3) is 4.23. The van der Waals surface area contributed by atoms with Crippen LogP contribution >= 0.6 is 0 Å². The Morgan fingerprint density at radius 3 is 2.00 bits per heavy atom. The van der Waals surface area contributed by atoms with Gasteiger partial charge in [-0.3, -0.25) is 4.79 Å². The molecule has 0 N–H and O–H groups in total. The first kappa shape index (κ1) is 22.7. The van der Waals surface area contributed by atoms with Crippen molar-refractivity contribution in [1.29, 1.82) is 0 Å². The number of allylic oxidation sites excluding steroid dienone is 1. The van der Waals surface area contributed by atoms with E-state index in [0.717, 1.165) is 13.2 Å². The highest BCUT2D eigenvalue weighted by molar-refractivity contribution is 5.83. The fraction of sp³-hybridized carbons (Fsp3) is 0.444. The third-order valence-corrected chi connectivity index (χ3v) is 4.80. The van der Waals surface area contributed by atoms with Gasteiger partial charge >= 0.3 is 18.1 Å². The van der Waals surface area contributed by atoms with Gasteiger partial charge in [0.05, 0.1) is 18.6 Å². The summed E-state index contributed by atoms with van der Waals surface area (Å²) in [5, 5.41) is 0. The van der Waals surface area contributed by atoms with E-state index in [1.165, 1.54) is 6.08 Å². The Bertz CT molecular complexity index is 845. The second-order valence-corrected chi connectivity index (χ2v) is 6.92. The van der Waals surface area contributed by atoms with Crippen molar-refractivity contribution in [2.24, 2.45) is 17.3 Å². The van der Waals surface area contributed by atoms with Gasteiger partial charge in [-0.1, -0.05) is 19.9 Å². The zero-order valence-electron chi connectivity index (χ0n) is 15.3. The van der Waals surface area contributed by atoms with E-state index in [9.17, 15) is 40.3 Å². The zero-order chi connectivity index (χ0) is 22.3. The number of methoxy groups -OCH3 is 1.